The number of fused-ring (bicyclic) bond motifs is 1. The molecule has 0 bridgehead atoms. The fourth-order valence-corrected chi connectivity index (χ4v) is 5.57. The van der Waals surface area contributed by atoms with Gasteiger partial charge in [0.15, 0.2) is 5.82 Å². The van der Waals surface area contributed by atoms with Crippen LogP contribution in [0.15, 0.2) is 48.9 Å². The van der Waals surface area contributed by atoms with Gasteiger partial charge < -0.3 is 30.0 Å². The van der Waals surface area contributed by atoms with Crippen LogP contribution < -0.4 is 20.7 Å². The number of imidazole rings is 1. The van der Waals surface area contributed by atoms with Crippen LogP contribution in [0, 0.1) is 5.82 Å². The third-order valence-electron chi connectivity index (χ3n) is 7.51. The SMILES string of the molecule is COc1cccc(F)c1-c1nccc(C(=O)Nc2ccc3c(ncn3[C@@H]3CCOC3)c2N2CCC[C@H]2CN)n1. The van der Waals surface area contributed by atoms with E-state index in [0.29, 0.717) is 18.8 Å². The van der Waals surface area contributed by atoms with E-state index in [2.05, 4.69) is 24.8 Å². The van der Waals surface area contributed by atoms with Gasteiger partial charge in [-0.2, -0.15) is 0 Å². The topological polar surface area (TPSA) is 120 Å². The zero-order valence-electron chi connectivity index (χ0n) is 21.6. The molecule has 3 N–H and O–H groups in total. The van der Waals surface area contributed by atoms with Gasteiger partial charge in [0, 0.05) is 31.9 Å². The average molecular weight is 532 g/mol. The van der Waals surface area contributed by atoms with E-state index in [1.807, 2.05) is 18.5 Å². The van der Waals surface area contributed by atoms with Crippen LogP contribution in [0.2, 0.25) is 0 Å². The smallest absolute Gasteiger partial charge is 0.274 e. The van der Waals surface area contributed by atoms with Gasteiger partial charge in [0.25, 0.3) is 5.91 Å². The lowest BCUT2D eigenvalue weighted by Gasteiger charge is -2.28. The van der Waals surface area contributed by atoms with Gasteiger partial charge in [0.05, 0.1) is 48.5 Å². The van der Waals surface area contributed by atoms with Gasteiger partial charge in [-0.05, 0) is 49.6 Å². The minimum atomic E-state index is -0.537. The Hall–Kier alpha value is -4.09. The maximum Gasteiger partial charge on any atom is 0.274 e. The number of hydrogen-bond donors (Lipinski definition) is 2. The lowest BCUT2D eigenvalue weighted by molar-refractivity contribution is 0.102. The summed E-state index contributed by atoms with van der Waals surface area (Å²) < 4.78 is 27.7. The molecule has 2 saturated heterocycles. The summed E-state index contributed by atoms with van der Waals surface area (Å²) in [6.07, 6.45) is 6.19. The fraction of sp³-hybridized carbons (Fsp3) is 0.357. The summed E-state index contributed by atoms with van der Waals surface area (Å²) in [4.78, 5) is 29.1. The van der Waals surface area contributed by atoms with Crippen molar-refractivity contribution in [3.05, 3.63) is 60.4 Å². The Kier molecular flexibility index (Phi) is 6.84. The van der Waals surface area contributed by atoms with Crippen LogP contribution in [-0.2, 0) is 4.74 Å². The second-order valence-corrected chi connectivity index (χ2v) is 9.76. The van der Waals surface area contributed by atoms with Crippen molar-refractivity contribution in [2.75, 3.05) is 43.6 Å². The number of benzene rings is 2. The van der Waals surface area contributed by atoms with Crippen LogP contribution in [0.3, 0.4) is 0 Å². The van der Waals surface area contributed by atoms with Crippen LogP contribution in [0.25, 0.3) is 22.4 Å². The third-order valence-corrected chi connectivity index (χ3v) is 7.51. The van der Waals surface area contributed by atoms with Crippen LogP contribution >= 0.6 is 0 Å². The van der Waals surface area contributed by atoms with Gasteiger partial charge in [0.1, 0.15) is 22.8 Å². The molecule has 6 rings (SSSR count). The Morgan fingerprint density at radius 3 is 2.92 bits per heavy atom. The van der Waals surface area contributed by atoms with E-state index in [4.69, 9.17) is 20.2 Å². The van der Waals surface area contributed by atoms with Gasteiger partial charge in [-0.3, -0.25) is 4.79 Å². The molecule has 11 heteroatoms. The number of nitrogens with two attached hydrogens (primary N) is 1. The molecule has 4 heterocycles. The Bertz CT molecular complexity index is 1520. The highest BCUT2D eigenvalue weighted by atomic mass is 19.1. The molecule has 10 nitrogen and oxygen atoms in total. The molecule has 0 unspecified atom stereocenters. The summed E-state index contributed by atoms with van der Waals surface area (Å²) in [5.41, 5.74) is 9.58. The number of carbonyl (C=O) groups is 1. The molecule has 2 aliphatic rings. The first-order valence-corrected chi connectivity index (χ1v) is 13.1. The first kappa shape index (κ1) is 25.2. The minimum absolute atomic E-state index is 0.0635. The van der Waals surface area contributed by atoms with E-state index in [1.54, 1.807) is 12.1 Å². The quantitative estimate of drug-likeness (QED) is 0.370. The third kappa shape index (κ3) is 4.57. The summed E-state index contributed by atoms with van der Waals surface area (Å²) >= 11 is 0. The van der Waals surface area contributed by atoms with Crippen LogP contribution in [-0.4, -0.2) is 64.9 Å². The second kappa shape index (κ2) is 10.6. The lowest BCUT2D eigenvalue weighted by atomic mass is 10.1. The number of aromatic nitrogens is 4. The van der Waals surface area contributed by atoms with Gasteiger partial charge >= 0.3 is 0 Å². The second-order valence-electron chi connectivity index (χ2n) is 9.76. The summed E-state index contributed by atoms with van der Waals surface area (Å²) in [6, 6.07) is 10.2. The Balaban J connectivity index is 1.38. The van der Waals surface area contributed by atoms with Crippen molar-refractivity contribution in [2.24, 2.45) is 5.73 Å². The first-order chi connectivity index (χ1) is 19.1. The number of ether oxygens (including phenoxy) is 2. The number of carbonyl (C=O) groups excluding carboxylic acids is 1. The van der Waals surface area contributed by atoms with Crippen molar-refractivity contribution in [3.8, 4) is 17.1 Å². The van der Waals surface area contributed by atoms with Crippen LogP contribution in [0.4, 0.5) is 15.8 Å². The number of halogens is 1. The molecule has 2 aromatic carbocycles. The van der Waals surface area contributed by atoms with Gasteiger partial charge in [0.2, 0.25) is 0 Å². The van der Waals surface area contributed by atoms with Crippen molar-refractivity contribution in [2.45, 2.75) is 31.3 Å². The number of amides is 1. The Morgan fingerprint density at radius 2 is 2.13 bits per heavy atom. The van der Waals surface area contributed by atoms with Gasteiger partial charge in [-0.25, -0.2) is 19.3 Å². The molecule has 202 valence electrons. The molecule has 2 aliphatic heterocycles. The zero-order chi connectivity index (χ0) is 26.9. The molecule has 2 fully saturated rings. The molecule has 1 amide bonds. The van der Waals surface area contributed by atoms with E-state index >= 15 is 0 Å². The molecule has 0 radical (unpaired) electrons. The number of nitrogens with zero attached hydrogens (tertiary/aromatic N) is 5. The molecule has 0 saturated carbocycles. The van der Waals surface area contributed by atoms with Crippen molar-refractivity contribution >= 4 is 28.3 Å². The highest BCUT2D eigenvalue weighted by Crippen LogP contribution is 2.39. The van der Waals surface area contributed by atoms with Crippen molar-refractivity contribution in [3.63, 3.8) is 0 Å². The molecule has 4 aromatic rings. The fourth-order valence-electron chi connectivity index (χ4n) is 5.57. The van der Waals surface area contributed by atoms with Gasteiger partial charge in [-0.1, -0.05) is 6.07 Å². The standard InChI is InChI=1S/C28H30FN7O3/c1-38-23-6-2-5-19(29)24(23)27-31-11-9-21(33-27)28(37)34-20-7-8-22-25(26(20)35-12-3-4-17(35)14-30)32-16-36(22)18-10-13-39-15-18/h2,5-9,11,16-18H,3-4,10,12-15,30H2,1H3,(H,34,37)/t17-,18+/m0/s1. The normalized spacial score (nSPS) is 19.1. The number of anilines is 2. The van der Waals surface area contributed by atoms with Gasteiger partial charge in [-0.15, -0.1) is 0 Å². The molecule has 39 heavy (non-hydrogen) atoms. The summed E-state index contributed by atoms with van der Waals surface area (Å²) in [7, 11) is 1.44. The van der Waals surface area contributed by atoms with E-state index in [0.717, 1.165) is 49.1 Å². The predicted octanol–water partition coefficient (Wildman–Crippen LogP) is 3.78. The number of hydrogen-bond acceptors (Lipinski definition) is 8. The summed E-state index contributed by atoms with van der Waals surface area (Å²) in [6.45, 7) is 2.69. The monoisotopic (exact) mass is 531 g/mol. The largest absolute Gasteiger partial charge is 0.496 e. The minimum Gasteiger partial charge on any atom is -0.496 e. The van der Waals surface area contributed by atoms with E-state index in [1.165, 1.54) is 25.4 Å². The summed E-state index contributed by atoms with van der Waals surface area (Å²) in [5, 5.41) is 3.03. The molecular formula is C28H30FN7O3. The first-order valence-electron chi connectivity index (χ1n) is 13.1. The average Bonchev–Trinajstić information content (AvgIpc) is 3.73. The number of nitrogens with one attached hydrogen (secondary N) is 1. The highest BCUT2D eigenvalue weighted by Gasteiger charge is 2.30. The molecule has 2 atom stereocenters. The predicted molar refractivity (Wildman–Crippen MR) is 146 cm³/mol. The van der Waals surface area contributed by atoms with Crippen LogP contribution in [0.5, 0.6) is 5.75 Å². The maximum absolute atomic E-state index is 14.7. The Morgan fingerprint density at radius 1 is 1.23 bits per heavy atom. The molecule has 2 aromatic heterocycles. The van der Waals surface area contributed by atoms with Crippen molar-refractivity contribution in [1.29, 1.82) is 0 Å². The zero-order valence-corrected chi connectivity index (χ0v) is 21.6. The molecule has 0 spiro atoms. The number of methoxy groups -OCH3 is 1. The highest BCUT2D eigenvalue weighted by molar-refractivity contribution is 6.08. The number of rotatable bonds is 7. The van der Waals surface area contributed by atoms with Crippen LogP contribution in [0.1, 0.15) is 35.8 Å². The van der Waals surface area contributed by atoms with E-state index in [9.17, 15) is 9.18 Å². The van der Waals surface area contributed by atoms with E-state index < -0.39 is 11.7 Å². The van der Waals surface area contributed by atoms with Crippen molar-refractivity contribution in [1.82, 2.24) is 19.5 Å². The lowest BCUT2D eigenvalue weighted by Crippen LogP contribution is -2.36. The summed E-state index contributed by atoms with van der Waals surface area (Å²) in [5.74, 6) is -0.634. The molecule has 0 aliphatic carbocycles. The molecular weight excluding hydrogens is 501 g/mol. The van der Waals surface area contributed by atoms with Crippen molar-refractivity contribution < 1.29 is 18.7 Å². The van der Waals surface area contributed by atoms with E-state index in [-0.39, 0.29) is 34.9 Å². The maximum atomic E-state index is 14.7. The Labute approximate surface area is 225 Å².